The normalized spacial score (nSPS) is 19.5. The van der Waals surface area contributed by atoms with E-state index in [2.05, 4.69) is 32.6 Å². The molecule has 1 aromatic heterocycles. The Morgan fingerprint density at radius 2 is 2.00 bits per heavy atom. The van der Waals surface area contributed by atoms with Crippen LogP contribution in [0, 0.1) is 3.57 Å². The van der Waals surface area contributed by atoms with Gasteiger partial charge < -0.3 is 4.74 Å². The largest absolute Gasteiger partial charge is 0.367 e. The van der Waals surface area contributed by atoms with Gasteiger partial charge in [-0.05, 0) is 42.4 Å². The van der Waals surface area contributed by atoms with Crippen molar-refractivity contribution in [1.82, 2.24) is 9.97 Å². The number of rotatable bonds is 3. The smallest absolute Gasteiger partial charge is 0.162 e. The van der Waals surface area contributed by atoms with Crippen molar-refractivity contribution in [2.24, 2.45) is 0 Å². The maximum Gasteiger partial charge on any atom is 0.162 e. The highest BCUT2D eigenvalue weighted by atomic mass is 127. The molecule has 1 aliphatic carbocycles. The van der Waals surface area contributed by atoms with Gasteiger partial charge in [0.2, 0.25) is 0 Å². The van der Waals surface area contributed by atoms with Gasteiger partial charge in [-0.15, -0.1) is 0 Å². The van der Waals surface area contributed by atoms with Crippen LogP contribution in [0.3, 0.4) is 0 Å². The summed E-state index contributed by atoms with van der Waals surface area (Å²) < 4.78 is 6.93. The number of nitrogens with zero attached hydrogens (tertiary/aromatic N) is 2. The zero-order valence-electron chi connectivity index (χ0n) is 10.6. The van der Waals surface area contributed by atoms with Gasteiger partial charge in [-0.1, -0.05) is 37.3 Å². The standard InChI is InChI=1S/C13H18ClIN2O/c1-2-18-13(7-5-3-4-6-8-13)12-16-9-10(15)11(14)17-12/h9H,2-8H2,1H3. The number of halogens is 2. The molecule has 0 saturated heterocycles. The van der Waals surface area contributed by atoms with E-state index in [4.69, 9.17) is 16.3 Å². The average molecular weight is 381 g/mol. The van der Waals surface area contributed by atoms with E-state index in [0.717, 1.165) is 22.2 Å². The van der Waals surface area contributed by atoms with Crippen molar-refractivity contribution in [2.75, 3.05) is 6.61 Å². The molecule has 0 N–H and O–H groups in total. The number of ether oxygens (including phenoxy) is 1. The van der Waals surface area contributed by atoms with Crippen LogP contribution in [0.25, 0.3) is 0 Å². The third-order valence-corrected chi connectivity index (χ3v) is 4.84. The van der Waals surface area contributed by atoms with Gasteiger partial charge >= 0.3 is 0 Å². The molecule has 2 rings (SSSR count). The van der Waals surface area contributed by atoms with Crippen LogP contribution < -0.4 is 0 Å². The predicted octanol–water partition coefficient (Wildman–Crippen LogP) is 4.32. The third-order valence-electron chi connectivity index (χ3n) is 3.44. The molecule has 5 heteroatoms. The molecule has 0 aliphatic heterocycles. The van der Waals surface area contributed by atoms with Crippen molar-refractivity contribution < 1.29 is 4.74 Å². The molecule has 1 fully saturated rings. The summed E-state index contributed by atoms with van der Waals surface area (Å²) in [6.07, 6.45) is 8.67. The van der Waals surface area contributed by atoms with Crippen LogP contribution in [0.5, 0.6) is 0 Å². The van der Waals surface area contributed by atoms with Crippen LogP contribution in [0.2, 0.25) is 5.15 Å². The summed E-state index contributed by atoms with van der Waals surface area (Å²) in [6.45, 7) is 2.72. The maximum atomic E-state index is 6.12. The predicted molar refractivity (Wildman–Crippen MR) is 80.8 cm³/mol. The van der Waals surface area contributed by atoms with E-state index in [9.17, 15) is 0 Å². The maximum absolute atomic E-state index is 6.12. The molecule has 1 aromatic rings. The average Bonchev–Trinajstić information content (AvgIpc) is 2.60. The van der Waals surface area contributed by atoms with Crippen LogP contribution in [-0.4, -0.2) is 16.6 Å². The van der Waals surface area contributed by atoms with Gasteiger partial charge in [-0.25, -0.2) is 9.97 Å². The molecular weight excluding hydrogens is 363 g/mol. The lowest BCUT2D eigenvalue weighted by Crippen LogP contribution is -2.32. The molecule has 0 bridgehead atoms. The highest BCUT2D eigenvalue weighted by molar-refractivity contribution is 14.1. The van der Waals surface area contributed by atoms with Gasteiger partial charge in [-0.2, -0.15) is 0 Å². The quantitative estimate of drug-likeness (QED) is 0.445. The molecular formula is C13H18ClIN2O. The zero-order chi connectivity index (χ0) is 13.0. The van der Waals surface area contributed by atoms with E-state index in [1.807, 2.05) is 6.92 Å². The summed E-state index contributed by atoms with van der Waals surface area (Å²) in [5, 5.41) is 0.531. The molecule has 0 amide bonds. The second kappa shape index (κ2) is 6.48. The summed E-state index contributed by atoms with van der Waals surface area (Å²) in [5.41, 5.74) is -0.320. The van der Waals surface area contributed by atoms with Gasteiger partial charge in [0, 0.05) is 12.8 Å². The fourth-order valence-electron chi connectivity index (χ4n) is 2.57. The number of hydrogen-bond donors (Lipinski definition) is 0. The lowest BCUT2D eigenvalue weighted by molar-refractivity contribution is -0.0624. The molecule has 0 spiro atoms. The Morgan fingerprint density at radius 3 is 2.56 bits per heavy atom. The minimum Gasteiger partial charge on any atom is -0.367 e. The first-order valence-corrected chi connectivity index (χ1v) is 7.96. The first-order valence-electron chi connectivity index (χ1n) is 6.50. The molecule has 100 valence electrons. The molecule has 0 unspecified atom stereocenters. The SMILES string of the molecule is CCOC1(c2ncc(I)c(Cl)n2)CCCCCC1. The molecule has 3 nitrogen and oxygen atoms in total. The molecule has 0 aromatic carbocycles. The topological polar surface area (TPSA) is 35.0 Å². The summed E-state index contributed by atoms with van der Waals surface area (Å²) >= 11 is 8.27. The first-order chi connectivity index (χ1) is 8.68. The van der Waals surface area contributed by atoms with Gasteiger partial charge in [0.25, 0.3) is 0 Å². The lowest BCUT2D eigenvalue weighted by Gasteiger charge is -2.31. The Bertz CT molecular complexity index is 406. The van der Waals surface area contributed by atoms with Gasteiger partial charge in [0.15, 0.2) is 5.82 Å². The number of hydrogen-bond acceptors (Lipinski definition) is 3. The van der Waals surface area contributed by atoms with Crippen LogP contribution in [-0.2, 0) is 10.3 Å². The van der Waals surface area contributed by atoms with Crippen LogP contribution in [0.15, 0.2) is 6.20 Å². The Labute approximate surface area is 127 Å². The van der Waals surface area contributed by atoms with E-state index >= 15 is 0 Å². The van der Waals surface area contributed by atoms with E-state index < -0.39 is 0 Å². The highest BCUT2D eigenvalue weighted by Gasteiger charge is 2.36. The first kappa shape index (κ1) is 14.5. The second-order valence-electron chi connectivity index (χ2n) is 4.67. The van der Waals surface area contributed by atoms with E-state index in [-0.39, 0.29) is 5.60 Å². The fourth-order valence-corrected chi connectivity index (χ4v) is 2.96. The molecule has 1 aliphatic rings. The van der Waals surface area contributed by atoms with Crippen molar-refractivity contribution in [1.29, 1.82) is 0 Å². The van der Waals surface area contributed by atoms with Crippen molar-refractivity contribution in [3.8, 4) is 0 Å². The van der Waals surface area contributed by atoms with E-state index in [0.29, 0.717) is 11.8 Å². The zero-order valence-corrected chi connectivity index (χ0v) is 13.5. The fraction of sp³-hybridized carbons (Fsp3) is 0.692. The van der Waals surface area contributed by atoms with Crippen molar-refractivity contribution in [3.63, 3.8) is 0 Å². The monoisotopic (exact) mass is 380 g/mol. The van der Waals surface area contributed by atoms with Crippen molar-refractivity contribution >= 4 is 34.2 Å². The summed E-state index contributed by atoms with van der Waals surface area (Å²) in [4.78, 5) is 8.92. The molecule has 1 saturated carbocycles. The number of aromatic nitrogens is 2. The summed E-state index contributed by atoms with van der Waals surface area (Å²) in [5.74, 6) is 0.761. The molecule has 18 heavy (non-hydrogen) atoms. The molecule has 0 atom stereocenters. The van der Waals surface area contributed by atoms with Crippen LogP contribution in [0.1, 0.15) is 51.3 Å². The minimum atomic E-state index is -0.320. The van der Waals surface area contributed by atoms with Gasteiger partial charge in [0.05, 0.1) is 3.57 Å². The summed E-state index contributed by atoms with van der Waals surface area (Å²) in [7, 11) is 0. The Balaban J connectivity index is 2.35. The Morgan fingerprint density at radius 1 is 1.33 bits per heavy atom. The lowest BCUT2D eigenvalue weighted by atomic mass is 9.93. The Kier molecular flexibility index (Phi) is 5.21. The Hall–Kier alpha value is 0.0600. The third kappa shape index (κ3) is 3.14. The van der Waals surface area contributed by atoms with Gasteiger partial charge in [0.1, 0.15) is 10.8 Å². The van der Waals surface area contributed by atoms with E-state index in [1.54, 1.807) is 6.20 Å². The van der Waals surface area contributed by atoms with Crippen LogP contribution >= 0.6 is 34.2 Å². The molecule has 1 heterocycles. The second-order valence-corrected chi connectivity index (χ2v) is 6.19. The summed E-state index contributed by atoms with van der Waals surface area (Å²) in [6, 6.07) is 0. The molecule has 0 radical (unpaired) electrons. The van der Waals surface area contributed by atoms with E-state index in [1.165, 1.54) is 25.7 Å². The minimum absolute atomic E-state index is 0.320. The van der Waals surface area contributed by atoms with Crippen LogP contribution in [0.4, 0.5) is 0 Å². The van der Waals surface area contributed by atoms with Crippen molar-refractivity contribution in [2.45, 2.75) is 51.0 Å². The van der Waals surface area contributed by atoms with Crippen molar-refractivity contribution in [3.05, 3.63) is 20.7 Å². The van der Waals surface area contributed by atoms with Gasteiger partial charge in [-0.3, -0.25) is 0 Å². The highest BCUT2D eigenvalue weighted by Crippen LogP contribution is 2.38.